The van der Waals surface area contributed by atoms with Crippen molar-refractivity contribution in [2.45, 2.75) is 57.0 Å². The number of H-pyrrole nitrogens is 1. The van der Waals surface area contributed by atoms with Crippen LogP contribution in [0.25, 0.3) is 11.0 Å². The normalized spacial score (nSPS) is 23.9. The lowest BCUT2D eigenvalue weighted by atomic mass is 9.96. The molecule has 1 fully saturated rings. The first-order chi connectivity index (χ1) is 20.3. The number of halogens is 3. The Kier molecular flexibility index (Phi) is 9.53. The SMILES string of the molecule is CC(C)OC(=O)C(C)NP(=O)(OC[C@H]1O[C@@H](n2cc(F)c3c(=O)[nH]c(N)nc32)[C@@](F)(C#CCF)C1O)Oc1ccccc1. The van der Waals surface area contributed by atoms with E-state index >= 15 is 4.39 Å². The minimum absolute atomic E-state index is 0.0744. The highest BCUT2D eigenvalue weighted by Crippen LogP contribution is 2.48. The third-order valence-electron chi connectivity index (χ3n) is 6.13. The summed E-state index contributed by atoms with van der Waals surface area (Å²) in [4.78, 5) is 30.6. The number of hydrogen-bond acceptors (Lipinski definition) is 10. The molecule has 0 spiro atoms. The third kappa shape index (κ3) is 6.87. The van der Waals surface area contributed by atoms with Gasteiger partial charge in [0.15, 0.2) is 17.7 Å². The maximum Gasteiger partial charge on any atom is 0.459 e. The first kappa shape index (κ1) is 32.1. The molecule has 1 aromatic carbocycles. The lowest BCUT2D eigenvalue weighted by Crippen LogP contribution is -2.43. The molecule has 6 atom stereocenters. The van der Waals surface area contributed by atoms with Crippen LogP contribution in [0.15, 0.2) is 41.3 Å². The zero-order chi connectivity index (χ0) is 31.5. The van der Waals surface area contributed by atoms with E-state index in [1.54, 1.807) is 32.0 Å². The first-order valence-corrected chi connectivity index (χ1v) is 14.4. The fourth-order valence-electron chi connectivity index (χ4n) is 4.27. The summed E-state index contributed by atoms with van der Waals surface area (Å²) < 4.78 is 80.5. The fraction of sp³-hybridized carbons (Fsp3) is 0.423. The van der Waals surface area contributed by atoms with Gasteiger partial charge in [0.25, 0.3) is 5.56 Å². The highest BCUT2D eigenvalue weighted by Gasteiger charge is 2.58. The van der Waals surface area contributed by atoms with Crippen molar-refractivity contribution in [3.05, 3.63) is 52.7 Å². The summed E-state index contributed by atoms with van der Waals surface area (Å²) in [7, 11) is -4.48. The largest absolute Gasteiger partial charge is 0.462 e. The van der Waals surface area contributed by atoms with Gasteiger partial charge in [-0.2, -0.15) is 10.1 Å². The van der Waals surface area contributed by atoms with E-state index in [-0.39, 0.29) is 5.75 Å². The maximum atomic E-state index is 16.4. The van der Waals surface area contributed by atoms with Crippen LogP contribution >= 0.6 is 7.75 Å². The lowest BCUT2D eigenvalue weighted by molar-refractivity contribution is -0.149. The van der Waals surface area contributed by atoms with Crippen LogP contribution in [0.1, 0.15) is 27.0 Å². The van der Waals surface area contributed by atoms with E-state index < -0.39 is 91.6 Å². The van der Waals surface area contributed by atoms with Crippen LogP contribution in [-0.4, -0.2) is 68.9 Å². The van der Waals surface area contributed by atoms with E-state index in [0.717, 1.165) is 4.57 Å². The van der Waals surface area contributed by atoms with Gasteiger partial charge in [-0.05, 0) is 32.9 Å². The minimum atomic E-state index is -4.48. The Bertz CT molecular complexity index is 1640. The number of hydrogen-bond donors (Lipinski definition) is 4. The zero-order valence-electron chi connectivity index (χ0n) is 23.1. The Hall–Kier alpha value is -3.87. The summed E-state index contributed by atoms with van der Waals surface area (Å²) in [5.41, 5.74) is 1.06. The molecule has 43 heavy (non-hydrogen) atoms. The van der Waals surface area contributed by atoms with Gasteiger partial charge < -0.3 is 24.8 Å². The number of esters is 1. The van der Waals surface area contributed by atoms with Crippen LogP contribution in [0.4, 0.5) is 19.1 Å². The molecule has 232 valence electrons. The molecular weight excluding hydrogens is 598 g/mol. The predicted molar refractivity (Wildman–Crippen MR) is 147 cm³/mol. The standard InChI is InChI=1S/C26H29F3N5O8P/c1-14(2)40-23(37)15(3)33-43(38,42-16-8-5-4-6-9-16)39-13-18-20(35)26(29,10-7-11-27)24(41-18)34-12-17(28)19-21(34)31-25(30)32-22(19)36/h4-6,8-9,12,14-15,18,20,24,35H,11,13H2,1-3H3,(H,33,38)(H3,30,31,32,36)/t15?,18-,20?,24-,26-,43?/m1/s1. The second kappa shape index (κ2) is 12.8. The van der Waals surface area contributed by atoms with E-state index in [4.69, 9.17) is 24.3 Å². The summed E-state index contributed by atoms with van der Waals surface area (Å²) in [6.45, 7) is 2.45. The monoisotopic (exact) mass is 627 g/mol. The number of aliphatic hydroxyl groups excluding tert-OH is 1. The number of alkyl halides is 2. The van der Waals surface area contributed by atoms with Gasteiger partial charge in [0.2, 0.25) is 11.6 Å². The van der Waals surface area contributed by atoms with E-state index in [2.05, 4.69) is 15.1 Å². The number of rotatable bonds is 10. The van der Waals surface area contributed by atoms with Crippen LogP contribution in [-0.2, 0) is 23.4 Å². The summed E-state index contributed by atoms with van der Waals surface area (Å²) in [6.07, 6.45) is -5.66. The van der Waals surface area contributed by atoms with Crippen LogP contribution in [0.2, 0.25) is 0 Å². The molecule has 1 saturated heterocycles. The first-order valence-electron chi connectivity index (χ1n) is 12.9. The van der Waals surface area contributed by atoms with Crippen molar-refractivity contribution in [1.29, 1.82) is 0 Å². The number of nitrogen functional groups attached to an aromatic ring is 1. The smallest absolute Gasteiger partial charge is 0.459 e. The third-order valence-corrected chi connectivity index (χ3v) is 7.78. The average Bonchev–Trinajstić information content (AvgIpc) is 3.39. The molecule has 17 heteroatoms. The Morgan fingerprint density at radius 1 is 1.35 bits per heavy atom. The quantitative estimate of drug-likeness (QED) is 0.147. The Morgan fingerprint density at radius 2 is 2.05 bits per heavy atom. The van der Waals surface area contributed by atoms with Crippen LogP contribution < -0.4 is 20.9 Å². The maximum absolute atomic E-state index is 16.4. The number of anilines is 1. The summed E-state index contributed by atoms with van der Waals surface area (Å²) in [5, 5.41) is 12.8. The number of aromatic nitrogens is 3. The number of para-hydroxylation sites is 1. The summed E-state index contributed by atoms with van der Waals surface area (Å²) in [5.74, 6) is 1.59. The Labute approximate surface area is 243 Å². The molecule has 3 aromatic rings. The number of nitrogens with two attached hydrogens (primary N) is 1. The highest BCUT2D eigenvalue weighted by molar-refractivity contribution is 7.52. The number of aliphatic hydroxyl groups is 1. The van der Waals surface area contributed by atoms with Crippen molar-refractivity contribution in [1.82, 2.24) is 19.6 Å². The van der Waals surface area contributed by atoms with Gasteiger partial charge in [0.1, 0.15) is 36.1 Å². The lowest BCUT2D eigenvalue weighted by Gasteiger charge is -2.25. The van der Waals surface area contributed by atoms with Crippen LogP contribution in [0.3, 0.4) is 0 Å². The Morgan fingerprint density at radius 3 is 2.70 bits per heavy atom. The van der Waals surface area contributed by atoms with Gasteiger partial charge in [-0.1, -0.05) is 30.0 Å². The van der Waals surface area contributed by atoms with Gasteiger partial charge in [-0.25, -0.2) is 17.7 Å². The van der Waals surface area contributed by atoms with Gasteiger partial charge in [-0.3, -0.25) is 23.7 Å². The summed E-state index contributed by atoms with van der Waals surface area (Å²) in [6, 6.07) is 6.53. The Balaban J connectivity index is 1.66. The van der Waals surface area contributed by atoms with Crippen molar-refractivity contribution in [3.8, 4) is 17.6 Å². The van der Waals surface area contributed by atoms with E-state index in [1.165, 1.54) is 19.1 Å². The second-order valence-corrected chi connectivity index (χ2v) is 11.4. The molecule has 0 radical (unpaired) electrons. The minimum Gasteiger partial charge on any atom is -0.462 e. The molecule has 5 N–H and O–H groups in total. The van der Waals surface area contributed by atoms with Crippen molar-refractivity contribution in [2.75, 3.05) is 19.0 Å². The highest BCUT2D eigenvalue weighted by atomic mass is 31.2. The number of carbonyl (C=O) groups is 1. The van der Waals surface area contributed by atoms with Gasteiger partial charge in [0.05, 0.1) is 12.7 Å². The number of aromatic amines is 1. The number of fused-ring (bicyclic) bond motifs is 1. The molecule has 1 aliphatic heterocycles. The molecule has 0 bridgehead atoms. The van der Waals surface area contributed by atoms with Crippen molar-refractivity contribution in [2.24, 2.45) is 0 Å². The predicted octanol–water partition coefficient (Wildman–Crippen LogP) is 2.52. The van der Waals surface area contributed by atoms with E-state index in [9.17, 15) is 28.0 Å². The molecule has 0 saturated carbocycles. The van der Waals surface area contributed by atoms with Gasteiger partial charge in [-0.15, -0.1) is 0 Å². The molecule has 2 aromatic heterocycles. The molecule has 0 aliphatic carbocycles. The topological polar surface area (TPSA) is 180 Å². The number of carbonyl (C=O) groups excluding carboxylic acids is 1. The fourth-order valence-corrected chi connectivity index (χ4v) is 5.77. The average molecular weight is 628 g/mol. The molecule has 4 rings (SSSR count). The molecule has 3 heterocycles. The number of ether oxygens (including phenoxy) is 2. The number of nitrogens with zero attached hydrogens (tertiary/aromatic N) is 2. The molecule has 0 amide bonds. The number of nitrogens with one attached hydrogen (secondary N) is 2. The van der Waals surface area contributed by atoms with Crippen molar-refractivity contribution in [3.63, 3.8) is 0 Å². The molecular formula is C26H29F3N5O8P. The van der Waals surface area contributed by atoms with E-state index in [0.29, 0.717) is 6.20 Å². The van der Waals surface area contributed by atoms with Crippen molar-refractivity contribution < 1.29 is 46.2 Å². The van der Waals surface area contributed by atoms with Gasteiger partial charge >= 0.3 is 13.7 Å². The van der Waals surface area contributed by atoms with Crippen LogP contribution in [0.5, 0.6) is 5.75 Å². The molecule has 3 unspecified atom stereocenters. The second-order valence-electron chi connectivity index (χ2n) is 9.74. The van der Waals surface area contributed by atoms with Gasteiger partial charge in [0, 0.05) is 6.20 Å². The van der Waals surface area contributed by atoms with Crippen LogP contribution in [0, 0.1) is 17.7 Å². The summed E-state index contributed by atoms with van der Waals surface area (Å²) >= 11 is 0. The molecule has 1 aliphatic rings. The zero-order valence-corrected chi connectivity index (χ0v) is 24.0. The van der Waals surface area contributed by atoms with E-state index in [1.807, 2.05) is 11.8 Å². The molecule has 13 nitrogen and oxygen atoms in total. The number of benzene rings is 1. The van der Waals surface area contributed by atoms with Crippen molar-refractivity contribution >= 4 is 30.7 Å².